The molecule has 0 radical (unpaired) electrons. The Balaban J connectivity index is 1.82. The molecule has 0 fully saturated rings. The zero-order valence-corrected chi connectivity index (χ0v) is 20.8. The quantitative estimate of drug-likeness (QED) is 0.240. The van der Waals surface area contributed by atoms with Crippen LogP contribution >= 0.6 is 23.2 Å². The van der Waals surface area contributed by atoms with Crippen LogP contribution in [-0.4, -0.2) is 27.1 Å². The summed E-state index contributed by atoms with van der Waals surface area (Å²) < 4.78 is 7.51. The minimum absolute atomic E-state index is 0.0838. The summed E-state index contributed by atoms with van der Waals surface area (Å²) in [6.45, 7) is 4.15. The van der Waals surface area contributed by atoms with Crippen LogP contribution < -0.4 is 0 Å². The van der Waals surface area contributed by atoms with E-state index in [1.54, 1.807) is 6.92 Å². The van der Waals surface area contributed by atoms with Crippen LogP contribution in [0.4, 0.5) is 0 Å². The molecule has 0 spiro atoms. The Morgan fingerprint density at radius 3 is 2.46 bits per heavy atom. The number of esters is 1. The van der Waals surface area contributed by atoms with Gasteiger partial charge in [0, 0.05) is 32.1 Å². The van der Waals surface area contributed by atoms with Crippen molar-refractivity contribution in [2.75, 3.05) is 6.61 Å². The molecule has 5 rings (SSSR count). The molecule has 5 nitrogen and oxygen atoms in total. The van der Waals surface area contributed by atoms with Crippen LogP contribution in [-0.2, 0) is 4.74 Å². The lowest BCUT2D eigenvalue weighted by atomic mass is 10.00. The average molecular weight is 504 g/mol. The maximum absolute atomic E-state index is 13.1. The predicted octanol–water partition coefficient (Wildman–Crippen LogP) is 7.79. The average Bonchev–Trinajstić information content (AvgIpc) is 3.46. The first kappa shape index (κ1) is 23.2. The smallest absolute Gasteiger partial charge is 0.355 e. The van der Waals surface area contributed by atoms with Gasteiger partial charge in [-0.3, -0.25) is 0 Å². The summed E-state index contributed by atoms with van der Waals surface area (Å²) >= 11 is 12.4. The maximum Gasteiger partial charge on any atom is 0.355 e. The number of carbonyl (C=O) groups excluding carboxylic acids is 1. The van der Waals surface area contributed by atoms with Crippen LogP contribution in [0.25, 0.3) is 33.4 Å². The molecule has 7 heteroatoms. The molecular formula is C28H23Cl2N3O2. The molecule has 5 aromatic rings. The van der Waals surface area contributed by atoms with E-state index in [-0.39, 0.29) is 12.6 Å². The van der Waals surface area contributed by atoms with Gasteiger partial charge in [0.15, 0.2) is 0 Å². The summed E-state index contributed by atoms with van der Waals surface area (Å²) in [6, 6.07) is 23.2. The molecule has 0 aliphatic heterocycles. The van der Waals surface area contributed by atoms with Gasteiger partial charge >= 0.3 is 5.97 Å². The van der Waals surface area contributed by atoms with E-state index in [1.807, 2.05) is 79.1 Å². The number of carbonyl (C=O) groups is 1. The predicted molar refractivity (Wildman–Crippen MR) is 141 cm³/mol. The number of hydrogen-bond donors (Lipinski definition) is 1. The third kappa shape index (κ3) is 4.33. The van der Waals surface area contributed by atoms with E-state index in [4.69, 9.17) is 32.9 Å². The van der Waals surface area contributed by atoms with E-state index < -0.39 is 5.97 Å². The van der Waals surface area contributed by atoms with E-state index in [0.717, 1.165) is 39.0 Å². The molecule has 0 aliphatic rings. The third-order valence-electron chi connectivity index (χ3n) is 6.09. The molecule has 1 atom stereocenters. The highest BCUT2D eigenvalue weighted by atomic mass is 35.5. The molecule has 2 aromatic heterocycles. The lowest BCUT2D eigenvalue weighted by Crippen LogP contribution is -2.11. The Morgan fingerprint density at radius 1 is 1.03 bits per heavy atom. The van der Waals surface area contributed by atoms with Gasteiger partial charge in [0.1, 0.15) is 5.69 Å². The van der Waals surface area contributed by atoms with Gasteiger partial charge < -0.3 is 14.3 Å². The number of hydrogen-bond acceptors (Lipinski definition) is 3. The Morgan fingerprint density at radius 2 is 1.74 bits per heavy atom. The highest BCUT2D eigenvalue weighted by molar-refractivity contribution is 6.31. The number of aromatic nitrogens is 3. The van der Waals surface area contributed by atoms with Crippen molar-refractivity contribution in [1.29, 1.82) is 0 Å². The summed E-state index contributed by atoms with van der Waals surface area (Å²) in [4.78, 5) is 21.2. The van der Waals surface area contributed by atoms with Gasteiger partial charge in [0.2, 0.25) is 0 Å². The minimum Gasteiger partial charge on any atom is -0.461 e. The normalized spacial score (nSPS) is 12.1. The first-order valence-electron chi connectivity index (χ1n) is 11.3. The van der Waals surface area contributed by atoms with Gasteiger partial charge in [0.25, 0.3) is 0 Å². The zero-order valence-electron chi connectivity index (χ0n) is 19.3. The third-order valence-corrected chi connectivity index (χ3v) is 6.57. The summed E-state index contributed by atoms with van der Waals surface area (Å²) in [5, 5.41) is 2.11. The van der Waals surface area contributed by atoms with Gasteiger partial charge in [-0.15, -0.1) is 0 Å². The molecule has 0 aliphatic carbocycles. The SMILES string of the molecule is CCOC(=O)c1[nH]c2cc(Cl)ccc2c1-c1c(-c2ccccc2)ncn1C(C)c1ccc(Cl)cc1. The van der Waals surface area contributed by atoms with Crippen molar-refractivity contribution in [1.82, 2.24) is 14.5 Å². The topological polar surface area (TPSA) is 59.9 Å². The zero-order chi connectivity index (χ0) is 24.5. The number of rotatable bonds is 6. The van der Waals surface area contributed by atoms with Crippen LogP contribution in [0.2, 0.25) is 10.0 Å². The number of benzene rings is 3. The summed E-state index contributed by atoms with van der Waals surface area (Å²) in [7, 11) is 0. The fourth-order valence-electron chi connectivity index (χ4n) is 4.38. The molecule has 0 saturated heterocycles. The number of nitrogens with zero attached hydrogens (tertiary/aromatic N) is 2. The van der Waals surface area contributed by atoms with Crippen molar-refractivity contribution in [2.24, 2.45) is 0 Å². The van der Waals surface area contributed by atoms with Crippen LogP contribution in [0.1, 0.15) is 35.9 Å². The molecule has 35 heavy (non-hydrogen) atoms. The Hall–Kier alpha value is -3.54. The fraction of sp³-hybridized carbons (Fsp3) is 0.143. The van der Waals surface area contributed by atoms with Gasteiger partial charge in [-0.25, -0.2) is 9.78 Å². The second kappa shape index (κ2) is 9.61. The lowest BCUT2D eigenvalue weighted by Gasteiger charge is -2.19. The number of fused-ring (bicyclic) bond motifs is 1. The van der Waals surface area contributed by atoms with E-state index in [2.05, 4.69) is 16.5 Å². The Kier molecular flexibility index (Phi) is 6.37. The molecular weight excluding hydrogens is 481 g/mol. The van der Waals surface area contributed by atoms with Crippen LogP contribution in [0.3, 0.4) is 0 Å². The van der Waals surface area contributed by atoms with Gasteiger partial charge in [-0.1, -0.05) is 71.7 Å². The Bertz CT molecular complexity index is 1510. The number of ether oxygens (including phenoxy) is 1. The number of halogens is 2. The van der Waals surface area contributed by atoms with Crippen molar-refractivity contribution in [3.05, 3.63) is 100 Å². The highest BCUT2D eigenvalue weighted by Crippen LogP contribution is 2.41. The maximum atomic E-state index is 13.1. The molecule has 2 heterocycles. The van der Waals surface area contributed by atoms with Gasteiger partial charge in [-0.05, 0) is 43.7 Å². The molecule has 0 amide bonds. The van der Waals surface area contributed by atoms with Crippen molar-refractivity contribution in [3.8, 4) is 22.5 Å². The van der Waals surface area contributed by atoms with Crippen LogP contribution in [0.5, 0.6) is 0 Å². The molecule has 1 N–H and O–H groups in total. The molecule has 0 saturated carbocycles. The first-order valence-corrected chi connectivity index (χ1v) is 12.1. The summed E-state index contributed by atoms with van der Waals surface area (Å²) in [5.41, 5.74) is 5.44. The molecule has 0 bridgehead atoms. The van der Waals surface area contributed by atoms with Gasteiger partial charge in [-0.2, -0.15) is 0 Å². The monoisotopic (exact) mass is 503 g/mol. The van der Waals surface area contributed by atoms with Crippen molar-refractivity contribution < 1.29 is 9.53 Å². The van der Waals surface area contributed by atoms with Crippen molar-refractivity contribution in [3.63, 3.8) is 0 Å². The Labute approximate surface area is 213 Å². The fourth-order valence-corrected chi connectivity index (χ4v) is 4.68. The minimum atomic E-state index is -0.430. The van der Waals surface area contributed by atoms with E-state index in [0.29, 0.717) is 15.7 Å². The van der Waals surface area contributed by atoms with Gasteiger partial charge in [0.05, 0.1) is 30.4 Å². The summed E-state index contributed by atoms with van der Waals surface area (Å²) in [6.07, 6.45) is 1.82. The van der Waals surface area contributed by atoms with Crippen molar-refractivity contribution in [2.45, 2.75) is 19.9 Å². The van der Waals surface area contributed by atoms with E-state index >= 15 is 0 Å². The first-order chi connectivity index (χ1) is 17.0. The number of aromatic amines is 1. The standard InChI is InChI=1S/C28H23Cl2N3O2/c1-3-35-28(34)26-24(22-14-13-21(30)15-23(22)32-26)27-25(19-7-5-4-6-8-19)31-16-33(27)17(2)18-9-11-20(29)12-10-18/h4-17,32H,3H2,1-2H3. The molecule has 176 valence electrons. The van der Waals surface area contributed by atoms with Crippen LogP contribution in [0.15, 0.2) is 79.1 Å². The van der Waals surface area contributed by atoms with E-state index in [1.165, 1.54) is 0 Å². The van der Waals surface area contributed by atoms with Crippen LogP contribution in [0, 0.1) is 0 Å². The molecule has 3 aromatic carbocycles. The lowest BCUT2D eigenvalue weighted by molar-refractivity contribution is 0.0521. The van der Waals surface area contributed by atoms with Crippen molar-refractivity contribution >= 4 is 40.1 Å². The molecule has 1 unspecified atom stereocenters. The summed E-state index contributed by atoms with van der Waals surface area (Å²) in [5.74, 6) is -0.430. The number of H-pyrrole nitrogens is 1. The number of nitrogens with one attached hydrogen (secondary N) is 1. The van der Waals surface area contributed by atoms with E-state index in [9.17, 15) is 4.79 Å². The second-order valence-electron chi connectivity index (χ2n) is 8.23. The second-order valence-corrected chi connectivity index (χ2v) is 9.10. The largest absolute Gasteiger partial charge is 0.461 e. The number of imidazole rings is 1. The highest BCUT2D eigenvalue weighted by Gasteiger charge is 2.28.